The van der Waals surface area contributed by atoms with Gasteiger partial charge < -0.3 is 10.2 Å². The van der Waals surface area contributed by atoms with E-state index < -0.39 is 0 Å². The Morgan fingerprint density at radius 2 is 1.66 bits per heavy atom. The van der Waals surface area contributed by atoms with Gasteiger partial charge in [-0.15, -0.1) is 0 Å². The summed E-state index contributed by atoms with van der Waals surface area (Å²) in [6.07, 6.45) is 12.2. The number of aliphatic hydroxyl groups is 2. The Kier molecular flexibility index (Phi) is 6.11. The van der Waals surface area contributed by atoms with Crippen LogP contribution in [0.15, 0.2) is 22.8 Å². The summed E-state index contributed by atoms with van der Waals surface area (Å²) in [5.74, 6) is 1.53. The Morgan fingerprint density at radius 1 is 0.969 bits per heavy atom. The summed E-state index contributed by atoms with van der Waals surface area (Å²) < 4.78 is 0. The monoisotopic (exact) mass is 442 g/mol. The minimum Gasteiger partial charge on any atom is -0.393 e. The minimum absolute atomic E-state index is 0.00888. The number of hydrogen-bond acceptors (Lipinski definition) is 2. The van der Waals surface area contributed by atoms with Crippen molar-refractivity contribution in [3.8, 4) is 0 Å². The van der Waals surface area contributed by atoms with Gasteiger partial charge in [-0.2, -0.15) is 0 Å². The first-order valence-electron chi connectivity index (χ1n) is 13.5. The highest BCUT2D eigenvalue weighted by atomic mass is 16.3. The summed E-state index contributed by atoms with van der Waals surface area (Å²) in [5.41, 5.74) is 5.70. The molecule has 4 rings (SSSR count). The van der Waals surface area contributed by atoms with Crippen LogP contribution in [0.25, 0.3) is 0 Å². The van der Waals surface area contributed by atoms with Gasteiger partial charge in [0.25, 0.3) is 0 Å². The molecule has 2 fully saturated rings. The van der Waals surface area contributed by atoms with Gasteiger partial charge in [-0.25, -0.2) is 0 Å². The summed E-state index contributed by atoms with van der Waals surface area (Å²) >= 11 is 0. The van der Waals surface area contributed by atoms with Crippen molar-refractivity contribution in [2.75, 3.05) is 0 Å². The number of fused-ring (bicyclic) bond motifs is 4. The molecule has 0 unspecified atom stereocenters. The molecule has 4 aliphatic carbocycles. The maximum atomic E-state index is 11.0. The first kappa shape index (κ1) is 24.5. The van der Waals surface area contributed by atoms with Gasteiger partial charge >= 0.3 is 0 Å². The third-order valence-electron chi connectivity index (χ3n) is 11.8. The highest BCUT2D eigenvalue weighted by Gasteiger charge is 2.63. The highest BCUT2D eigenvalue weighted by molar-refractivity contribution is 5.38. The van der Waals surface area contributed by atoms with Crippen LogP contribution in [0.4, 0.5) is 0 Å². The Bertz CT molecular complexity index is 802. The van der Waals surface area contributed by atoms with Crippen molar-refractivity contribution in [3.63, 3.8) is 0 Å². The molecule has 2 nitrogen and oxygen atoms in total. The molecule has 0 aromatic heterocycles. The van der Waals surface area contributed by atoms with Crippen LogP contribution in [0, 0.1) is 39.4 Å². The van der Waals surface area contributed by atoms with E-state index in [-0.39, 0.29) is 33.9 Å². The van der Waals surface area contributed by atoms with Crippen LogP contribution in [0.2, 0.25) is 0 Å². The summed E-state index contributed by atoms with van der Waals surface area (Å²) in [7, 11) is 0. The molecule has 0 aromatic rings. The Hall–Kier alpha value is -0.600. The Labute approximate surface area is 198 Å². The predicted octanol–water partition coefficient (Wildman–Crippen LogP) is 7.45. The van der Waals surface area contributed by atoms with Crippen LogP contribution >= 0.6 is 0 Å². The molecule has 0 heterocycles. The molecule has 182 valence electrons. The zero-order chi connectivity index (χ0) is 23.7. The van der Waals surface area contributed by atoms with Crippen molar-refractivity contribution in [2.45, 2.75) is 125 Å². The molecular formula is C30H50O2. The van der Waals surface area contributed by atoms with Gasteiger partial charge in [0.2, 0.25) is 0 Å². The molecule has 0 bridgehead atoms. The van der Waals surface area contributed by atoms with Crippen molar-refractivity contribution >= 4 is 0 Å². The molecule has 2 saturated carbocycles. The molecule has 4 aliphatic rings. The molecule has 32 heavy (non-hydrogen) atoms. The van der Waals surface area contributed by atoms with E-state index in [1.807, 2.05) is 0 Å². The third-order valence-corrected chi connectivity index (χ3v) is 11.8. The van der Waals surface area contributed by atoms with E-state index in [1.165, 1.54) is 44.1 Å². The molecule has 0 spiro atoms. The molecule has 0 aromatic carbocycles. The van der Waals surface area contributed by atoms with Crippen LogP contribution in [0.5, 0.6) is 0 Å². The van der Waals surface area contributed by atoms with Gasteiger partial charge in [-0.05, 0) is 111 Å². The first-order valence-corrected chi connectivity index (χ1v) is 13.5. The average molecular weight is 443 g/mol. The van der Waals surface area contributed by atoms with Crippen molar-refractivity contribution < 1.29 is 10.2 Å². The lowest BCUT2D eigenvalue weighted by atomic mass is 9.43. The quantitative estimate of drug-likeness (QED) is 0.444. The molecule has 8 atom stereocenters. The maximum Gasteiger partial charge on any atom is 0.0603 e. The normalized spacial score (nSPS) is 44.9. The fourth-order valence-corrected chi connectivity index (χ4v) is 9.40. The maximum absolute atomic E-state index is 11.0. The zero-order valence-electron chi connectivity index (χ0n) is 22.2. The van der Waals surface area contributed by atoms with Crippen LogP contribution in [0.3, 0.4) is 0 Å². The average Bonchev–Trinajstić information content (AvgIpc) is 3.00. The smallest absolute Gasteiger partial charge is 0.0603 e. The second-order valence-electron chi connectivity index (χ2n) is 13.7. The van der Waals surface area contributed by atoms with Crippen molar-refractivity contribution in [3.05, 3.63) is 22.8 Å². The second-order valence-corrected chi connectivity index (χ2v) is 13.7. The lowest BCUT2D eigenvalue weighted by Gasteiger charge is -2.62. The number of allylic oxidation sites excluding steroid dienone is 3. The van der Waals surface area contributed by atoms with E-state index in [0.29, 0.717) is 17.8 Å². The topological polar surface area (TPSA) is 40.5 Å². The summed E-state index contributed by atoms with van der Waals surface area (Å²) in [5, 5.41) is 21.9. The predicted molar refractivity (Wildman–Crippen MR) is 134 cm³/mol. The molecule has 0 aliphatic heterocycles. The SMILES string of the molecule is CC(C)=CC[C@@H](O)[C@@H](C)[C@H]1CC[C@@]2(C)C3=C(CC[C@]12C)[C@@]1(C)CC[C@H](O)C(C)(C)[C@H]1CC3. The summed E-state index contributed by atoms with van der Waals surface area (Å²) in [4.78, 5) is 0. The minimum atomic E-state index is -0.238. The summed E-state index contributed by atoms with van der Waals surface area (Å²) in [6.45, 7) is 18.9. The van der Waals surface area contributed by atoms with Gasteiger partial charge in [0, 0.05) is 0 Å². The standard InChI is InChI=1S/C30H50O2/c1-19(2)9-11-24(31)20(3)21-13-17-30(8)23-10-12-25-27(4,5)26(32)15-16-28(25,6)22(23)14-18-29(21,30)7/h9,20-21,24-26,31-32H,10-18H2,1-8H3/t20-,21+,24+,25+,26-,28+,29+,30-/m0/s1. The van der Waals surface area contributed by atoms with Crippen LogP contribution < -0.4 is 0 Å². The number of aliphatic hydroxyl groups excluding tert-OH is 2. The third kappa shape index (κ3) is 3.33. The first-order chi connectivity index (χ1) is 14.8. The van der Waals surface area contributed by atoms with E-state index in [2.05, 4.69) is 61.5 Å². The fourth-order valence-electron chi connectivity index (χ4n) is 9.40. The van der Waals surface area contributed by atoms with Crippen LogP contribution in [-0.4, -0.2) is 22.4 Å². The lowest BCUT2D eigenvalue weighted by molar-refractivity contribution is -0.0969. The highest BCUT2D eigenvalue weighted by Crippen LogP contribution is 2.72. The molecule has 2 heteroatoms. The van der Waals surface area contributed by atoms with E-state index >= 15 is 0 Å². The molecule has 0 amide bonds. The Morgan fingerprint density at radius 3 is 2.31 bits per heavy atom. The van der Waals surface area contributed by atoms with Crippen LogP contribution in [0.1, 0.15) is 113 Å². The van der Waals surface area contributed by atoms with E-state index in [9.17, 15) is 10.2 Å². The van der Waals surface area contributed by atoms with Crippen LogP contribution in [-0.2, 0) is 0 Å². The number of rotatable bonds is 4. The van der Waals surface area contributed by atoms with Gasteiger partial charge in [-0.1, -0.05) is 64.3 Å². The lowest BCUT2D eigenvalue weighted by Crippen LogP contribution is -2.55. The van der Waals surface area contributed by atoms with E-state index in [4.69, 9.17) is 0 Å². The fraction of sp³-hybridized carbons (Fsp3) is 0.867. The molecule has 0 radical (unpaired) electrons. The zero-order valence-corrected chi connectivity index (χ0v) is 22.2. The van der Waals surface area contributed by atoms with E-state index in [0.717, 1.165) is 19.3 Å². The molecule has 2 N–H and O–H groups in total. The van der Waals surface area contributed by atoms with E-state index in [1.54, 1.807) is 11.1 Å². The Balaban J connectivity index is 1.67. The molecular weight excluding hydrogens is 392 g/mol. The van der Waals surface area contributed by atoms with Crippen molar-refractivity contribution in [2.24, 2.45) is 39.4 Å². The van der Waals surface area contributed by atoms with Gasteiger partial charge in [0.15, 0.2) is 0 Å². The van der Waals surface area contributed by atoms with Gasteiger partial charge in [0.05, 0.1) is 12.2 Å². The number of hydrogen-bond donors (Lipinski definition) is 2. The van der Waals surface area contributed by atoms with Gasteiger partial charge in [0.1, 0.15) is 0 Å². The van der Waals surface area contributed by atoms with Crippen molar-refractivity contribution in [1.82, 2.24) is 0 Å². The largest absolute Gasteiger partial charge is 0.393 e. The molecule has 0 saturated heterocycles. The second kappa shape index (κ2) is 7.98. The van der Waals surface area contributed by atoms with Gasteiger partial charge in [-0.3, -0.25) is 0 Å². The summed E-state index contributed by atoms with van der Waals surface area (Å²) in [6, 6.07) is 0. The van der Waals surface area contributed by atoms with Crippen molar-refractivity contribution in [1.29, 1.82) is 0 Å².